The summed E-state index contributed by atoms with van der Waals surface area (Å²) < 4.78 is 0. The highest BCUT2D eigenvalue weighted by atomic mass is 32.2. The fourth-order valence-corrected chi connectivity index (χ4v) is 5.71. The Hall–Kier alpha value is -3.05. The van der Waals surface area contributed by atoms with Crippen molar-refractivity contribution < 1.29 is 4.92 Å². The molecule has 3 aromatic carbocycles. The van der Waals surface area contributed by atoms with Crippen molar-refractivity contribution >= 4 is 23.1 Å². The van der Waals surface area contributed by atoms with Crippen LogP contribution in [0.2, 0.25) is 0 Å². The number of hydrogen-bond acceptors (Lipinski definition) is 4. The molecule has 0 fully saturated rings. The summed E-state index contributed by atoms with van der Waals surface area (Å²) in [5.41, 5.74) is 6.44. The Morgan fingerprint density at radius 2 is 1.87 bits per heavy atom. The van der Waals surface area contributed by atoms with E-state index in [0.717, 1.165) is 17.7 Å². The van der Waals surface area contributed by atoms with E-state index in [1.807, 2.05) is 30.0 Å². The quantitative estimate of drug-likeness (QED) is 0.205. The molecule has 156 valence electrons. The van der Waals surface area contributed by atoms with Crippen molar-refractivity contribution in [2.75, 3.05) is 5.32 Å². The first kappa shape index (κ1) is 19.9. The Morgan fingerprint density at radius 1 is 1.10 bits per heavy atom. The van der Waals surface area contributed by atoms with Gasteiger partial charge >= 0.3 is 0 Å². The Kier molecular flexibility index (Phi) is 5.28. The number of nitro groups is 1. The number of non-ortho nitro benzene ring substituents is 1. The predicted octanol–water partition coefficient (Wildman–Crippen LogP) is 7.02. The molecule has 5 rings (SSSR count). The molecule has 0 saturated heterocycles. The van der Waals surface area contributed by atoms with E-state index < -0.39 is 0 Å². The zero-order valence-corrected chi connectivity index (χ0v) is 18.1. The normalized spacial score (nSPS) is 21.3. The molecule has 31 heavy (non-hydrogen) atoms. The summed E-state index contributed by atoms with van der Waals surface area (Å²) >= 11 is 1.87. The van der Waals surface area contributed by atoms with Gasteiger partial charge in [-0.05, 0) is 53.6 Å². The summed E-state index contributed by atoms with van der Waals surface area (Å²) in [7, 11) is 0. The van der Waals surface area contributed by atoms with E-state index in [2.05, 4.69) is 60.8 Å². The van der Waals surface area contributed by atoms with Gasteiger partial charge in [0, 0.05) is 34.4 Å². The molecule has 0 saturated carbocycles. The fourth-order valence-electron chi connectivity index (χ4n) is 4.86. The minimum absolute atomic E-state index is 0.137. The van der Waals surface area contributed by atoms with Crippen molar-refractivity contribution in [1.82, 2.24) is 0 Å². The van der Waals surface area contributed by atoms with Crippen LogP contribution in [0, 0.1) is 23.0 Å². The fraction of sp³-hybridized carbons (Fsp3) is 0.231. The molecule has 5 heteroatoms. The highest BCUT2D eigenvalue weighted by Gasteiger charge is 2.38. The maximum Gasteiger partial charge on any atom is 0.269 e. The largest absolute Gasteiger partial charge is 0.377 e. The van der Waals surface area contributed by atoms with Crippen molar-refractivity contribution in [1.29, 1.82) is 0 Å². The number of hydrogen-bond donors (Lipinski definition) is 1. The number of rotatable bonds is 5. The first-order valence-electron chi connectivity index (χ1n) is 10.6. The molecular weight excluding hydrogens is 404 g/mol. The van der Waals surface area contributed by atoms with E-state index in [1.54, 1.807) is 12.1 Å². The van der Waals surface area contributed by atoms with Gasteiger partial charge in [0.25, 0.3) is 5.69 Å². The van der Waals surface area contributed by atoms with Crippen LogP contribution in [-0.4, -0.2) is 4.92 Å². The summed E-state index contributed by atoms with van der Waals surface area (Å²) in [6, 6.07) is 22.3. The standard InChI is InChI=1S/C26H24N2O2S/c1-17-14-18(16-31-21-6-3-2-4-7-21)15-24-22-8-5-9-23(22)26(27-25(17)24)19-10-12-20(13-11-19)28(29)30/h2-8,10-15,22-23,26-27H,9,16H2,1H3/t22-,23+,26+/m0/s1. The molecule has 3 aromatic rings. The Labute approximate surface area is 186 Å². The summed E-state index contributed by atoms with van der Waals surface area (Å²) in [5.74, 6) is 1.74. The van der Waals surface area contributed by atoms with Gasteiger partial charge < -0.3 is 5.32 Å². The molecule has 2 aliphatic rings. The van der Waals surface area contributed by atoms with Crippen LogP contribution >= 0.6 is 11.8 Å². The number of anilines is 1. The Bertz CT molecular complexity index is 1140. The number of benzene rings is 3. The van der Waals surface area contributed by atoms with Gasteiger partial charge in [-0.3, -0.25) is 10.1 Å². The van der Waals surface area contributed by atoms with Gasteiger partial charge in [0.15, 0.2) is 0 Å². The third-order valence-corrected chi connectivity index (χ3v) is 7.42. The summed E-state index contributed by atoms with van der Waals surface area (Å²) in [5, 5.41) is 14.8. The van der Waals surface area contributed by atoms with Crippen LogP contribution in [0.1, 0.15) is 40.6 Å². The van der Waals surface area contributed by atoms with E-state index >= 15 is 0 Å². The topological polar surface area (TPSA) is 55.2 Å². The molecule has 0 aromatic heterocycles. The number of thioether (sulfide) groups is 1. The predicted molar refractivity (Wildman–Crippen MR) is 127 cm³/mol. The number of aryl methyl sites for hydroxylation is 1. The highest BCUT2D eigenvalue weighted by Crippen LogP contribution is 2.51. The SMILES string of the molecule is Cc1cc(CSc2ccccc2)cc2c1N[C@H](c1ccc([N+](=O)[O-])cc1)[C@@H]1CC=C[C@H]21. The second-order valence-electron chi connectivity index (χ2n) is 8.30. The molecule has 3 atom stereocenters. The monoisotopic (exact) mass is 428 g/mol. The van der Waals surface area contributed by atoms with Crippen LogP contribution in [0.3, 0.4) is 0 Å². The number of nitro benzene ring substituents is 1. The number of fused-ring (bicyclic) bond motifs is 3. The summed E-state index contributed by atoms with van der Waals surface area (Å²) in [4.78, 5) is 12.0. The molecule has 1 aliphatic carbocycles. The zero-order chi connectivity index (χ0) is 21.4. The van der Waals surface area contributed by atoms with Gasteiger partial charge in [0.2, 0.25) is 0 Å². The van der Waals surface area contributed by atoms with Gasteiger partial charge in [-0.2, -0.15) is 0 Å². The smallest absolute Gasteiger partial charge is 0.269 e. The van der Waals surface area contributed by atoms with Crippen molar-refractivity contribution in [2.45, 2.75) is 36.0 Å². The third-order valence-electron chi connectivity index (χ3n) is 6.34. The van der Waals surface area contributed by atoms with Crippen molar-refractivity contribution in [3.05, 3.63) is 111 Å². The van der Waals surface area contributed by atoms with Gasteiger partial charge in [0.05, 0.1) is 11.0 Å². The lowest BCUT2D eigenvalue weighted by Gasteiger charge is -2.38. The molecule has 0 amide bonds. The van der Waals surface area contributed by atoms with Crippen LogP contribution in [0.25, 0.3) is 0 Å². The minimum Gasteiger partial charge on any atom is -0.377 e. The van der Waals surface area contributed by atoms with Crippen LogP contribution in [0.5, 0.6) is 0 Å². The molecular formula is C26H24N2O2S. The molecule has 0 radical (unpaired) electrons. The van der Waals surface area contributed by atoms with Gasteiger partial charge in [-0.25, -0.2) is 0 Å². The van der Waals surface area contributed by atoms with E-state index in [4.69, 9.17) is 0 Å². The van der Waals surface area contributed by atoms with Crippen LogP contribution in [0.15, 0.2) is 83.8 Å². The van der Waals surface area contributed by atoms with Gasteiger partial charge in [-0.15, -0.1) is 11.8 Å². The van der Waals surface area contributed by atoms with Crippen molar-refractivity contribution in [2.24, 2.45) is 5.92 Å². The first-order valence-corrected chi connectivity index (χ1v) is 11.6. The maximum atomic E-state index is 11.0. The lowest BCUT2D eigenvalue weighted by atomic mass is 9.76. The summed E-state index contributed by atoms with van der Waals surface area (Å²) in [6.07, 6.45) is 5.64. The number of nitrogens with zero attached hydrogens (tertiary/aromatic N) is 1. The molecule has 0 bridgehead atoms. The Morgan fingerprint density at radius 3 is 2.61 bits per heavy atom. The van der Waals surface area contributed by atoms with E-state index in [-0.39, 0.29) is 16.7 Å². The summed E-state index contributed by atoms with van der Waals surface area (Å²) in [6.45, 7) is 2.18. The average Bonchev–Trinajstić information content (AvgIpc) is 3.28. The highest BCUT2D eigenvalue weighted by molar-refractivity contribution is 7.98. The zero-order valence-electron chi connectivity index (χ0n) is 17.3. The molecule has 4 nitrogen and oxygen atoms in total. The van der Waals surface area contributed by atoms with Gasteiger partial charge in [-0.1, -0.05) is 54.6 Å². The Balaban J connectivity index is 1.44. The molecule has 0 spiro atoms. The molecule has 1 heterocycles. The molecule has 0 unspecified atom stereocenters. The average molecular weight is 429 g/mol. The molecule has 1 aliphatic heterocycles. The molecule has 1 N–H and O–H groups in total. The minimum atomic E-state index is -0.341. The third kappa shape index (κ3) is 3.86. The van der Waals surface area contributed by atoms with E-state index in [9.17, 15) is 10.1 Å². The van der Waals surface area contributed by atoms with Crippen LogP contribution in [0.4, 0.5) is 11.4 Å². The second-order valence-corrected chi connectivity index (χ2v) is 9.35. The number of allylic oxidation sites excluding steroid dienone is 2. The van der Waals surface area contributed by atoms with E-state index in [1.165, 1.54) is 27.3 Å². The lowest BCUT2D eigenvalue weighted by molar-refractivity contribution is -0.384. The first-order chi connectivity index (χ1) is 15.1. The van der Waals surface area contributed by atoms with Crippen molar-refractivity contribution in [3.63, 3.8) is 0 Å². The number of nitrogens with one attached hydrogen (secondary N) is 1. The van der Waals surface area contributed by atoms with E-state index in [0.29, 0.717) is 11.8 Å². The van der Waals surface area contributed by atoms with Crippen molar-refractivity contribution in [3.8, 4) is 0 Å². The lowest BCUT2D eigenvalue weighted by Crippen LogP contribution is -2.29. The van der Waals surface area contributed by atoms with Crippen LogP contribution in [-0.2, 0) is 5.75 Å². The van der Waals surface area contributed by atoms with Gasteiger partial charge in [0.1, 0.15) is 0 Å². The van der Waals surface area contributed by atoms with Crippen LogP contribution < -0.4 is 5.32 Å². The maximum absolute atomic E-state index is 11.0. The second kappa shape index (κ2) is 8.23.